The van der Waals surface area contributed by atoms with E-state index in [9.17, 15) is 0 Å². The molecule has 0 aromatic heterocycles. The fraction of sp³-hybridized carbons (Fsp3) is 1.00. The van der Waals surface area contributed by atoms with Crippen LogP contribution in [0.15, 0.2) is 0 Å². The largest absolute Gasteiger partial charge is 0.257 e. The normalized spacial score (nSPS) is 19.4. The molecule has 0 fully saturated rings. The number of hydrogen-bond acceptors (Lipinski definition) is 3. The molecule has 0 aliphatic heterocycles. The summed E-state index contributed by atoms with van der Waals surface area (Å²) in [5, 5.41) is 5.79. The zero-order chi connectivity index (χ0) is 20.5. The Morgan fingerprint density at radius 1 is 0.520 bits per heavy atom. The lowest BCUT2D eigenvalue weighted by Crippen LogP contribution is -2.50. The third kappa shape index (κ3) is 8.25. The number of rotatable bonds is 6. The maximum atomic E-state index is 6.13. The minimum Gasteiger partial charge on any atom is -0.257 e. The van der Waals surface area contributed by atoms with E-state index in [1.807, 2.05) is 0 Å². The lowest BCUT2D eigenvalue weighted by molar-refractivity contribution is -0.432. The Labute approximate surface area is 160 Å². The highest BCUT2D eigenvalue weighted by atomic mass is 28.4. The molecule has 0 aromatic carbocycles. The lowest BCUT2D eigenvalue weighted by Gasteiger charge is -2.44. The summed E-state index contributed by atoms with van der Waals surface area (Å²) in [5.41, 5.74) is 0.404. The van der Waals surface area contributed by atoms with Crippen LogP contribution in [0.5, 0.6) is 0 Å². The minimum absolute atomic E-state index is 0.0767. The molecule has 0 rings (SSSR count). The van der Waals surface area contributed by atoms with Crippen LogP contribution < -0.4 is 0 Å². The van der Waals surface area contributed by atoms with Crippen molar-refractivity contribution in [1.82, 2.24) is 0 Å². The van der Waals surface area contributed by atoms with Gasteiger partial charge >= 0.3 is 0 Å². The van der Waals surface area contributed by atoms with Crippen LogP contribution in [0.2, 0.25) is 35.3 Å². The van der Waals surface area contributed by atoms with Crippen molar-refractivity contribution in [3.05, 3.63) is 0 Å². The van der Waals surface area contributed by atoms with Gasteiger partial charge in [-0.3, -0.25) is 9.15 Å². The first-order valence-corrected chi connectivity index (χ1v) is 14.9. The Kier molecular flexibility index (Phi) is 7.84. The Hall–Kier alpha value is 0.314. The zero-order valence-corrected chi connectivity index (χ0v) is 21.6. The first-order valence-electron chi connectivity index (χ1n) is 9.66. The van der Waals surface area contributed by atoms with E-state index < -0.39 is 16.6 Å². The Morgan fingerprint density at radius 3 is 0.920 bits per heavy atom. The molecule has 0 bridgehead atoms. The smallest absolute Gasteiger partial charge is 0.245 e. The Morgan fingerprint density at radius 2 is 0.760 bits per heavy atom. The van der Waals surface area contributed by atoms with Gasteiger partial charge < -0.3 is 0 Å². The van der Waals surface area contributed by atoms with Crippen LogP contribution >= 0.6 is 0 Å². The van der Waals surface area contributed by atoms with Crippen molar-refractivity contribution >= 4 is 16.6 Å². The van der Waals surface area contributed by atoms with Gasteiger partial charge in [-0.1, -0.05) is 88.1 Å². The summed E-state index contributed by atoms with van der Waals surface area (Å²) in [4.78, 5) is 0. The molecule has 0 aliphatic carbocycles. The van der Waals surface area contributed by atoms with Crippen LogP contribution in [0.1, 0.15) is 83.1 Å². The van der Waals surface area contributed by atoms with Crippen LogP contribution in [-0.4, -0.2) is 16.6 Å². The first-order chi connectivity index (χ1) is 10.6. The molecule has 0 aromatic rings. The second-order valence-electron chi connectivity index (χ2n) is 12.7. The zero-order valence-electron chi connectivity index (χ0n) is 19.6. The van der Waals surface area contributed by atoms with Crippen LogP contribution in [0.3, 0.4) is 0 Å². The van der Waals surface area contributed by atoms with E-state index in [1.165, 1.54) is 0 Å². The molecule has 3 nitrogen and oxygen atoms in total. The van der Waals surface area contributed by atoms with Gasteiger partial charge in [0.1, 0.15) is 0 Å². The average molecular weight is 391 g/mol. The van der Waals surface area contributed by atoms with E-state index >= 15 is 0 Å². The molecule has 0 radical (unpaired) electrons. The number of hydrogen-bond donors (Lipinski definition) is 0. The van der Waals surface area contributed by atoms with Crippen molar-refractivity contribution < 1.29 is 14.2 Å². The Bertz CT molecular complexity index is 384. The summed E-state index contributed by atoms with van der Waals surface area (Å²) in [6.45, 7) is 31.6. The van der Waals surface area contributed by atoms with Crippen molar-refractivity contribution in [1.29, 1.82) is 0 Å². The van der Waals surface area contributed by atoms with Crippen molar-refractivity contribution in [3.63, 3.8) is 0 Å². The fourth-order valence-corrected chi connectivity index (χ4v) is 9.19. The topological polar surface area (TPSA) is 27.7 Å². The minimum atomic E-state index is -2.13. The van der Waals surface area contributed by atoms with Gasteiger partial charge in [0, 0.05) is 0 Å². The lowest BCUT2D eigenvalue weighted by atomic mass is 10.0. The molecular weight excluding hydrogens is 344 g/mol. The predicted molar refractivity (Wildman–Crippen MR) is 114 cm³/mol. The summed E-state index contributed by atoms with van der Waals surface area (Å²) in [6.07, 6.45) is 0. The van der Waals surface area contributed by atoms with Gasteiger partial charge in [0.15, 0.2) is 0 Å². The SMILES string of the molecule is CC(C)(C)C[Si](C)(OOO[Si](C)(CC(C)(C)C)C(C)(C)C)C(C)(C)C. The second kappa shape index (κ2) is 7.74. The van der Waals surface area contributed by atoms with Crippen molar-refractivity contribution in [2.45, 2.75) is 118 Å². The second-order valence-corrected chi connectivity index (χ2v) is 21.6. The van der Waals surface area contributed by atoms with Crippen LogP contribution in [0, 0.1) is 10.8 Å². The monoisotopic (exact) mass is 390 g/mol. The van der Waals surface area contributed by atoms with E-state index in [4.69, 9.17) is 14.2 Å². The van der Waals surface area contributed by atoms with Crippen LogP contribution in [0.25, 0.3) is 0 Å². The summed E-state index contributed by atoms with van der Waals surface area (Å²) in [7, 11) is -4.26. The molecule has 152 valence electrons. The van der Waals surface area contributed by atoms with Gasteiger partial charge in [-0.25, -0.2) is 0 Å². The molecular formula is C20H46O3Si2. The summed E-state index contributed by atoms with van der Waals surface area (Å²) < 4.78 is 12.3. The van der Waals surface area contributed by atoms with Crippen LogP contribution in [-0.2, 0) is 14.2 Å². The third-order valence-electron chi connectivity index (χ3n) is 5.34. The maximum absolute atomic E-state index is 6.13. The van der Waals surface area contributed by atoms with Gasteiger partial charge in [-0.2, -0.15) is 0 Å². The quantitative estimate of drug-likeness (QED) is 0.264. The average Bonchev–Trinajstić information content (AvgIpc) is 2.20. The van der Waals surface area contributed by atoms with Crippen molar-refractivity contribution in [2.24, 2.45) is 10.8 Å². The van der Waals surface area contributed by atoms with Gasteiger partial charge in [0.2, 0.25) is 16.6 Å². The molecule has 5 heteroatoms. The molecule has 2 atom stereocenters. The van der Waals surface area contributed by atoms with Crippen molar-refractivity contribution in [3.8, 4) is 0 Å². The van der Waals surface area contributed by atoms with E-state index in [0.29, 0.717) is 0 Å². The summed E-state index contributed by atoms with van der Waals surface area (Å²) in [5.74, 6) is 0. The molecule has 0 saturated heterocycles. The molecule has 2 unspecified atom stereocenters. The van der Waals surface area contributed by atoms with E-state index in [1.54, 1.807) is 0 Å². The highest BCUT2D eigenvalue weighted by Crippen LogP contribution is 2.47. The van der Waals surface area contributed by atoms with Crippen molar-refractivity contribution in [2.75, 3.05) is 0 Å². The van der Waals surface area contributed by atoms with E-state index in [-0.39, 0.29) is 20.9 Å². The summed E-state index contributed by atoms with van der Waals surface area (Å²) >= 11 is 0. The van der Waals surface area contributed by atoms with Gasteiger partial charge in [0.25, 0.3) is 0 Å². The van der Waals surface area contributed by atoms with Gasteiger partial charge in [-0.05, 0) is 46.1 Å². The van der Waals surface area contributed by atoms with Crippen LogP contribution in [0.4, 0.5) is 0 Å². The molecule has 0 spiro atoms. The van der Waals surface area contributed by atoms with Gasteiger partial charge in [0.05, 0.1) is 0 Å². The standard InChI is InChI=1S/C20H46O3Si2/c1-17(2,3)15-24(13,19(7,8)9)22-21-23-25(14,20(10,11)12)16-18(4,5)6/h15-16H2,1-14H3. The van der Waals surface area contributed by atoms with Gasteiger partial charge in [-0.15, -0.1) is 0 Å². The maximum Gasteiger partial charge on any atom is 0.245 e. The Balaban J connectivity index is 5.28. The summed E-state index contributed by atoms with van der Waals surface area (Å²) in [6, 6.07) is 2.06. The molecule has 0 aliphatic rings. The van der Waals surface area contributed by atoms with E-state index in [2.05, 4.69) is 96.2 Å². The highest BCUT2D eigenvalue weighted by Gasteiger charge is 2.50. The molecule has 0 N–H and O–H groups in total. The third-order valence-corrected chi connectivity index (χ3v) is 16.0. The van der Waals surface area contributed by atoms with E-state index in [0.717, 1.165) is 12.1 Å². The molecule has 0 heterocycles. The molecule has 0 saturated carbocycles. The molecule has 0 amide bonds. The highest BCUT2D eigenvalue weighted by molar-refractivity contribution is 6.76. The molecule has 25 heavy (non-hydrogen) atoms. The first kappa shape index (κ1) is 25.3. The predicted octanol–water partition coefficient (Wildman–Crippen LogP) is 7.71. The fourth-order valence-electron chi connectivity index (χ4n) is 3.03.